The van der Waals surface area contributed by atoms with Gasteiger partial charge in [0.15, 0.2) is 0 Å². The first-order valence-electron chi connectivity index (χ1n) is 8.07. The highest BCUT2D eigenvalue weighted by Gasteiger charge is 2.27. The zero-order valence-corrected chi connectivity index (χ0v) is 17.1. The van der Waals surface area contributed by atoms with E-state index in [1.54, 1.807) is 37.3 Å². The summed E-state index contributed by atoms with van der Waals surface area (Å²) >= 11 is 1.11. The maximum atomic E-state index is 12.7. The molecule has 0 spiro atoms. The summed E-state index contributed by atoms with van der Waals surface area (Å²) in [7, 11) is -3.96. The summed E-state index contributed by atoms with van der Waals surface area (Å²) in [6.07, 6.45) is 0.823. The second-order valence-corrected chi connectivity index (χ2v) is 10.8. The van der Waals surface area contributed by atoms with Gasteiger partial charge in [0.2, 0.25) is 0 Å². The second kappa shape index (κ2) is 9.46. The van der Waals surface area contributed by atoms with Crippen LogP contribution in [-0.4, -0.2) is 20.8 Å². The van der Waals surface area contributed by atoms with Gasteiger partial charge in [0.25, 0.3) is 0 Å². The van der Waals surface area contributed by atoms with Crippen LogP contribution >= 0.6 is 18.2 Å². The van der Waals surface area contributed by atoms with Gasteiger partial charge in [-0.25, -0.2) is 4.57 Å². The minimum absolute atomic E-state index is 0.0461. The van der Waals surface area contributed by atoms with E-state index in [4.69, 9.17) is 13.2 Å². The van der Waals surface area contributed by atoms with Gasteiger partial charge < -0.3 is 8.71 Å². The Balaban J connectivity index is 2.18. The van der Waals surface area contributed by atoms with Crippen LogP contribution in [0, 0.1) is 0 Å². The molecule has 1 unspecified atom stereocenters. The van der Waals surface area contributed by atoms with Crippen LogP contribution in [0.4, 0.5) is 0 Å². The largest absolute Gasteiger partial charge is 0.440 e. The first kappa shape index (κ1) is 20.8. The van der Waals surface area contributed by atoms with E-state index in [0.29, 0.717) is 5.75 Å². The summed E-state index contributed by atoms with van der Waals surface area (Å²) in [6, 6.07) is 13.8. The first-order chi connectivity index (χ1) is 12.4. The van der Waals surface area contributed by atoms with Crippen molar-refractivity contribution in [3.8, 4) is 11.5 Å². The van der Waals surface area contributed by atoms with Crippen LogP contribution in [0.2, 0.25) is 0 Å². The normalized spacial score (nSPS) is 13.8. The Kier molecular flexibility index (Phi) is 7.58. The molecule has 0 fully saturated rings. The fourth-order valence-corrected chi connectivity index (χ4v) is 6.32. The fraction of sp³-hybridized carbons (Fsp3) is 0.294. The van der Waals surface area contributed by atoms with Gasteiger partial charge in [0.1, 0.15) is 16.4 Å². The molecule has 0 heterocycles. The molecule has 0 N–H and O–H groups in total. The summed E-state index contributed by atoms with van der Waals surface area (Å²) in [6.45, 7) is 0.563. The molecular weight excluding hydrogens is 395 g/mol. The predicted octanol–water partition coefficient (Wildman–Crippen LogP) is 5.12. The Morgan fingerprint density at radius 3 is 2.35 bits per heavy atom. The Hall–Kier alpha value is -1.47. The van der Waals surface area contributed by atoms with Crippen LogP contribution in [0.25, 0.3) is 0 Å². The lowest BCUT2D eigenvalue weighted by atomic mass is 10.3. The third-order valence-corrected chi connectivity index (χ3v) is 8.21. The minimum Gasteiger partial charge on any atom is -0.417 e. The Morgan fingerprint density at radius 2 is 1.69 bits per heavy atom. The standard InChI is InChI=1S/C17H21O6PS2/c1-3-13-25-24(18,21-4-2)22-15-9-8-10-16(14-15)23-26(19,20)17-11-6-5-7-12-17/h5-12,14H,3-4,13H2,1-2H3. The minimum atomic E-state index is -3.96. The molecule has 0 aromatic heterocycles. The maximum absolute atomic E-state index is 12.7. The predicted molar refractivity (Wildman–Crippen MR) is 103 cm³/mol. The number of hydrogen-bond donors (Lipinski definition) is 0. The number of rotatable bonds is 10. The average molecular weight is 416 g/mol. The highest BCUT2D eigenvalue weighted by atomic mass is 32.7. The molecule has 0 amide bonds. The molecular formula is C17H21O6PS2. The SMILES string of the molecule is CCCSP(=O)(OCC)Oc1cccc(OS(=O)(=O)c2ccccc2)c1. The average Bonchev–Trinajstić information content (AvgIpc) is 2.61. The van der Waals surface area contributed by atoms with Gasteiger partial charge in [0.05, 0.1) is 6.61 Å². The monoisotopic (exact) mass is 416 g/mol. The zero-order chi connectivity index (χ0) is 19.0. The smallest absolute Gasteiger partial charge is 0.417 e. The van der Waals surface area contributed by atoms with E-state index in [-0.39, 0.29) is 23.0 Å². The van der Waals surface area contributed by atoms with E-state index < -0.39 is 16.9 Å². The molecule has 2 rings (SSSR count). The van der Waals surface area contributed by atoms with Crippen LogP contribution in [-0.2, 0) is 19.2 Å². The third kappa shape index (κ3) is 6.06. The second-order valence-electron chi connectivity index (χ2n) is 5.11. The van der Waals surface area contributed by atoms with Crippen LogP contribution in [0.15, 0.2) is 59.5 Å². The van der Waals surface area contributed by atoms with E-state index >= 15 is 0 Å². The quantitative estimate of drug-likeness (QED) is 0.393. The molecule has 26 heavy (non-hydrogen) atoms. The van der Waals surface area contributed by atoms with Gasteiger partial charge in [-0.2, -0.15) is 8.42 Å². The lowest BCUT2D eigenvalue weighted by molar-refractivity contribution is 0.296. The van der Waals surface area contributed by atoms with E-state index in [9.17, 15) is 13.0 Å². The first-order valence-corrected chi connectivity index (χ1v) is 12.6. The highest BCUT2D eigenvalue weighted by Crippen LogP contribution is 2.60. The van der Waals surface area contributed by atoms with Gasteiger partial charge >= 0.3 is 16.9 Å². The molecule has 1 atom stereocenters. The van der Waals surface area contributed by atoms with Gasteiger partial charge in [0, 0.05) is 11.8 Å². The lowest BCUT2D eigenvalue weighted by Gasteiger charge is -2.17. The van der Waals surface area contributed by atoms with Crippen molar-refractivity contribution in [2.45, 2.75) is 25.2 Å². The molecule has 2 aromatic rings. The van der Waals surface area contributed by atoms with Crippen molar-refractivity contribution < 1.29 is 26.2 Å². The van der Waals surface area contributed by atoms with Gasteiger partial charge in [-0.15, -0.1) is 0 Å². The van der Waals surface area contributed by atoms with Crippen molar-refractivity contribution in [1.29, 1.82) is 0 Å². The fourth-order valence-electron chi connectivity index (χ4n) is 1.93. The summed E-state index contributed by atoms with van der Waals surface area (Å²) in [5, 5.41) is 0. The van der Waals surface area contributed by atoms with Crippen LogP contribution in [0.3, 0.4) is 0 Å². The Bertz CT molecular complexity index is 855. The van der Waals surface area contributed by atoms with Crippen LogP contribution in [0.5, 0.6) is 11.5 Å². The van der Waals surface area contributed by atoms with E-state index in [1.807, 2.05) is 6.92 Å². The number of hydrogen-bond acceptors (Lipinski definition) is 7. The summed E-state index contributed by atoms with van der Waals surface area (Å²) in [4.78, 5) is 0.0461. The maximum Gasteiger partial charge on any atom is 0.440 e. The Morgan fingerprint density at radius 1 is 1.00 bits per heavy atom. The Labute approximate surface area is 158 Å². The molecule has 142 valence electrons. The third-order valence-electron chi connectivity index (χ3n) is 3.00. The zero-order valence-electron chi connectivity index (χ0n) is 14.5. The molecule has 0 radical (unpaired) electrons. The molecule has 0 aliphatic heterocycles. The molecule has 6 nitrogen and oxygen atoms in total. The highest BCUT2D eigenvalue weighted by molar-refractivity contribution is 8.55. The molecule has 0 aliphatic rings. The molecule has 0 saturated heterocycles. The van der Waals surface area contributed by atoms with Crippen molar-refractivity contribution in [2.75, 3.05) is 12.4 Å². The molecule has 0 saturated carbocycles. The van der Waals surface area contributed by atoms with Crippen molar-refractivity contribution in [2.24, 2.45) is 0 Å². The molecule has 0 aliphatic carbocycles. The van der Waals surface area contributed by atoms with E-state index in [2.05, 4.69) is 0 Å². The van der Waals surface area contributed by atoms with Gasteiger partial charge in [-0.3, -0.25) is 4.52 Å². The van der Waals surface area contributed by atoms with Crippen molar-refractivity contribution >= 4 is 28.3 Å². The molecule has 9 heteroatoms. The molecule has 2 aromatic carbocycles. The summed E-state index contributed by atoms with van der Waals surface area (Å²) in [5.41, 5.74) is 0. The van der Waals surface area contributed by atoms with Gasteiger partial charge in [-0.05, 0) is 49.0 Å². The van der Waals surface area contributed by atoms with Crippen molar-refractivity contribution in [3.05, 3.63) is 54.6 Å². The molecule has 0 bridgehead atoms. The van der Waals surface area contributed by atoms with Crippen LogP contribution in [0.1, 0.15) is 20.3 Å². The van der Waals surface area contributed by atoms with Crippen molar-refractivity contribution in [1.82, 2.24) is 0 Å². The van der Waals surface area contributed by atoms with Crippen LogP contribution < -0.4 is 8.71 Å². The summed E-state index contributed by atoms with van der Waals surface area (Å²) in [5.74, 6) is 0.900. The van der Waals surface area contributed by atoms with Gasteiger partial charge in [-0.1, -0.05) is 31.2 Å². The van der Waals surface area contributed by atoms with E-state index in [1.165, 1.54) is 24.3 Å². The van der Waals surface area contributed by atoms with Crippen molar-refractivity contribution in [3.63, 3.8) is 0 Å². The summed E-state index contributed by atoms with van der Waals surface area (Å²) < 4.78 is 53.3. The topological polar surface area (TPSA) is 78.9 Å². The van der Waals surface area contributed by atoms with E-state index in [0.717, 1.165) is 17.8 Å². The number of benzene rings is 2. The lowest BCUT2D eigenvalue weighted by Crippen LogP contribution is -2.09.